The van der Waals surface area contributed by atoms with Crippen molar-refractivity contribution in [1.82, 2.24) is 0 Å². The second kappa shape index (κ2) is 6.92. The van der Waals surface area contributed by atoms with Crippen molar-refractivity contribution in [1.29, 1.82) is 0 Å². The summed E-state index contributed by atoms with van der Waals surface area (Å²) in [4.78, 5) is 11.4. The van der Waals surface area contributed by atoms with Crippen molar-refractivity contribution in [2.45, 2.75) is 19.3 Å². The van der Waals surface area contributed by atoms with E-state index in [1.807, 2.05) is 0 Å². The molecule has 1 saturated heterocycles. The molecule has 0 aliphatic carbocycles. The predicted octanol–water partition coefficient (Wildman–Crippen LogP) is 0.347. The summed E-state index contributed by atoms with van der Waals surface area (Å²) in [5.74, 6) is 0.683. The van der Waals surface area contributed by atoms with Crippen molar-refractivity contribution < 1.29 is 14.3 Å². The lowest BCUT2D eigenvalue weighted by molar-refractivity contribution is -0.125. The molecule has 0 radical (unpaired) electrons. The molecule has 0 atom stereocenters. The molecule has 0 saturated carbocycles. The third-order valence-corrected chi connectivity index (χ3v) is 2.38. The molecule has 4 heteroatoms. The number of ketones is 1. The Labute approximate surface area is 84.7 Å². The minimum absolute atomic E-state index is 0.186. The molecule has 1 aliphatic heterocycles. The molecule has 0 aromatic carbocycles. The van der Waals surface area contributed by atoms with E-state index in [1.54, 1.807) is 0 Å². The number of ether oxygens (including phenoxy) is 2. The van der Waals surface area contributed by atoms with Gasteiger partial charge in [0, 0.05) is 26.2 Å². The highest BCUT2D eigenvalue weighted by Gasteiger charge is 2.17. The third-order valence-electron chi connectivity index (χ3n) is 2.38. The van der Waals surface area contributed by atoms with Crippen molar-refractivity contribution >= 4 is 5.78 Å². The fraction of sp³-hybridized carbons (Fsp3) is 0.900. The monoisotopic (exact) mass is 201 g/mol. The Morgan fingerprint density at radius 1 is 1.43 bits per heavy atom. The van der Waals surface area contributed by atoms with Gasteiger partial charge in [0.15, 0.2) is 5.78 Å². The first kappa shape index (κ1) is 11.6. The Balaban J connectivity index is 2.06. The standard InChI is InChI=1S/C10H19NO3/c11-3-6-14-8-10(12)7-9-1-4-13-5-2-9/h9H,1-8,11H2. The second-order valence-electron chi connectivity index (χ2n) is 3.64. The van der Waals surface area contributed by atoms with Gasteiger partial charge in [-0.25, -0.2) is 0 Å². The molecule has 82 valence electrons. The Morgan fingerprint density at radius 3 is 2.79 bits per heavy atom. The number of carbonyl (C=O) groups excluding carboxylic acids is 1. The predicted molar refractivity (Wildman–Crippen MR) is 53.0 cm³/mol. The van der Waals surface area contributed by atoms with Gasteiger partial charge < -0.3 is 15.2 Å². The first-order chi connectivity index (χ1) is 6.83. The summed E-state index contributed by atoms with van der Waals surface area (Å²) in [7, 11) is 0. The average molecular weight is 201 g/mol. The normalized spacial score (nSPS) is 18.4. The third kappa shape index (κ3) is 4.69. The summed E-state index contributed by atoms with van der Waals surface area (Å²) in [5.41, 5.74) is 5.25. The van der Waals surface area contributed by atoms with Crippen LogP contribution in [0, 0.1) is 5.92 Å². The Morgan fingerprint density at radius 2 is 2.14 bits per heavy atom. The molecule has 1 rings (SSSR count). The van der Waals surface area contributed by atoms with Gasteiger partial charge >= 0.3 is 0 Å². The Hall–Kier alpha value is -0.450. The summed E-state index contributed by atoms with van der Waals surface area (Å²) < 4.78 is 10.3. The van der Waals surface area contributed by atoms with Crippen LogP contribution in [-0.4, -0.2) is 38.8 Å². The summed E-state index contributed by atoms with van der Waals surface area (Å²) in [6.07, 6.45) is 2.64. The van der Waals surface area contributed by atoms with E-state index in [2.05, 4.69) is 0 Å². The summed E-state index contributed by atoms with van der Waals surface area (Å²) in [6.45, 7) is 2.75. The van der Waals surface area contributed by atoms with Crippen molar-refractivity contribution in [2.24, 2.45) is 11.7 Å². The molecule has 14 heavy (non-hydrogen) atoms. The van der Waals surface area contributed by atoms with Crippen molar-refractivity contribution in [3.05, 3.63) is 0 Å². The van der Waals surface area contributed by atoms with Crippen LogP contribution < -0.4 is 5.73 Å². The quantitative estimate of drug-likeness (QED) is 0.630. The van der Waals surface area contributed by atoms with E-state index < -0.39 is 0 Å². The summed E-state index contributed by atoms with van der Waals surface area (Å²) in [6, 6.07) is 0. The first-order valence-electron chi connectivity index (χ1n) is 5.20. The SMILES string of the molecule is NCCOCC(=O)CC1CCOCC1. The molecule has 4 nitrogen and oxygen atoms in total. The van der Waals surface area contributed by atoms with Crippen LogP contribution in [0.4, 0.5) is 0 Å². The van der Waals surface area contributed by atoms with Gasteiger partial charge in [-0.3, -0.25) is 4.79 Å². The van der Waals surface area contributed by atoms with Crippen molar-refractivity contribution in [2.75, 3.05) is 33.0 Å². The van der Waals surface area contributed by atoms with E-state index in [0.717, 1.165) is 26.1 Å². The van der Waals surface area contributed by atoms with E-state index in [9.17, 15) is 4.79 Å². The zero-order valence-corrected chi connectivity index (χ0v) is 8.54. The van der Waals surface area contributed by atoms with Gasteiger partial charge in [-0.1, -0.05) is 0 Å². The molecular weight excluding hydrogens is 182 g/mol. The van der Waals surface area contributed by atoms with Crippen LogP contribution in [0.1, 0.15) is 19.3 Å². The molecule has 0 aromatic rings. The molecule has 0 aromatic heterocycles. The molecule has 0 bridgehead atoms. The minimum Gasteiger partial charge on any atom is -0.381 e. The van der Waals surface area contributed by atoms with E-state index in [0.29, 0.717) is 25.5 Å². The molecule has 1 fully saturated rings. The molecular formula is C10H19NO3. The Kier molecular flexibility index (Phi) is 5.75. The average Bonchev–Trinajstić information content (AvgIpc) is 2.20. The van der Waals surface area contributed by atoms with Crippen LogP contribution in [0.5, 0.6) is 0 Å². The van der Waals surface area contributed by atoms with Crippen molar-refractivity contribution in [3.8, 4) is 0 Å². The maximum atomic E-state index is 11.4. The molecule has 1 heterocycles. The number of rotatable bonds is 6. The number of hydrogen-bond acceptors (Lipinski definition) is 4. The van der Waals surface area contributed by atoms with E-state index >= 15 is 0 Å². The van der Waals surface area contributed by atoms with Gasteiger partial charge in [0.25, 0.3) is 0 Å². The van der Waals surface area contributed by atoms with Crippen LogP contribution >= 0.6 is 0 Å². The van der Waals surface area contributed by atoms with Gasteiger partial charge in [0.1, 0.15) is 6.61 Å². The fourth-order valence-electron chi connectivity index (χ4n) is 1.60. The fourth-order valence-corrected chi connectivity index (χ4v) is 1.60. The maximum Gasteiger partial charge on any atom is 0.158 e. The smallest absolute Gasteiger partial charge is 0.158 e. The lowest BCUT2D eigenvalue weighted by Gasteiger charge is -2.21. The van der Waals surface area contributed by atoms with Gasteiger partial charge in [-0.15, -0.1) is 0 Å². The zero-order valence-electron chi connectivity index (χ0n) is 8.54. The molecule has 0 spiro atoms. The summed E-state index contributed by atoms with van der Waals surface area (Å²) in [5, 5.41) is 0. The zero-order chi connectivity index (χ0) is 10.2. The Bertz CT molecular complexity index is 167. The highest BCUT2D eigenvalue weighted by Crippen LogP contribution is 2.18. The topological polar surface area (TPSA) is 61.5 Å². The van der Waals surface area contributed by atoms with Gasteiger partial charge in [0.05, 0.1) is 6.61 Å². The van der Waals surface area contributed by atoms with E-state index in [1.165, 1.54) is 0 Å². The van der Waals surface area contributed by atoms with Crippen LogP contribution in [0.3, 0.4) is 0 Å². The van der Waals surface area contributed by atoms with E-state index in [4.69, 9.17) is 15.2 Å². The highest BCUT2D eigenvalue weighted by atomic mass is 16.5. The molecule has 1 aliphatic rings. The maximum absolute atomic E-state index is 11.4. The molecule has 2 N–H and O–H groups in total. The van der Waals surface area contributed by atoms with Crippen LogP contribution in [0.15, 0.2) is 0 Å². The van der Waals surface area contributed by atoms with Crippen LogP contribution in [0.25, 0.3) is 0 Å². The minimum atomic E-state index is 0.186. The van der Waals surface area contributed by atoms with E-state index in [-0.39, 0.29) is 12.4 Å². The number of hydrogen-bond donors (Lipinski definition) is 1. The lowest BCUT2D eigenvalue weighted by Crippen LogP contribution is -2.21. The summed E-state index contributed by atoms with van der Waals surface area (Å²) >= 11 is 0. The number of carbonyl (C=O) groups is 1. The number of nitrogens with two attached hydrogens (primary N) is 1. The first-order valence-corrected chi connectivity index (χ1v) is 5.20. The van der Waals surface area contributed by atoms with Crippen molar-refractivity contribution in [3.63, 3.8) is 0 Å². The lowest BCUT2D eigenvalue weighted by atomic mass is 9.95. The highest BCUT2D eigenvalue weighted by molar-refractivity contribution is 5.79. The van der Waals surface area contributed by atoms with Crippen LogP contribution in [-0.2, 0) is 14.3 Å². The number of Topliss-reactive ketones (excluding diaryl/α,β-unsaturated/α-hetero) is 1. The second-order valence-corrected chi connectivity index (χ2v) is 3.64. The largest absolute Gasteiger partial charge is 0.381 e. The van der Waals surface area contributed by atoms with Crippen LogP contribution in [0.2, 0.25) is 0 Å². The van der Waals surface area contributed by atoms with Gasteiger partial charge in [0.2, 0.25) is 0 Å². The van der Waals surface area contributed by atoms with Gasteiger partial charge in [-0.05, 0) is 18.8 Å². The van der Waals surface area contributed by atoms with Gasteiger partial charge in [-0.2, -0.15) is 0 Å². The molecule has 0 amide bonds. The molecule has 0 unspecified atom stereocenters.